The average molecular weight is 392 g/mol. The van der Waals surface area contributed by atoms with E-state index in [-0.39, 0.29) is 0 Å². The predicted octanol–water partition coefficient (Wildman–Crippen LogP) is 5.58. The van der Waals surface area contributed by atoms with E-state index in [1.54, 1.807) is 6.26 Å². The van der Waals surface area contributed by atoms with E-state index in [4.69, 9.17) is 8.94 Å². The van der Waals surface area contributed by atoms with E-state index < -0.39 is 0 Å². The molecule has 29 heavy (non-hydrogen) atoms. The third-order valence-electron chi connectivity index (χ3n) is 6.66. The third kappa shape index (κ3) is 4.30. The predicted molar refractivity (Wildman–Crippen MR) is 112 cm³/mol. The van der Waals surface area contributed by atoms with Gasteiger partial charge in [-0.2, -0.15) is 4.98 Å². The van der Waals surface area contributed by atoms with E-state index >= 15 is 0 Å². The van der Waals surface area contributed by atoms with Crippen molar-refractivity contribution < 1.29 is 8.94 Å². The monoisotopic (exact) mass is 391 g/mol. The Hall–Kier alpha value is -2.40. The molecule has 3 heterocycles. The zero-order valence-electron chi connectivity index (χ0n) is 16.9. The van der Waals surface area contributed by atoms with E-state index in [1.807, 2.05) is 36.4 Å². The Labute approximate surface area is 172 Å². The van der Waals surface area contributed by atoms with Crippen LogP contribution in [-0.2, 0) is 6.42 Å². The molecule has 1 aromatic carbocycles. The van der Waals surface area contributed by atoms with E-state index in [9.17, 15) is 0 Å². The molecule has 5 rings (SSSR count). The molecule has 0 amide bonds. The van der Waals surface area contributed by atoms with Crippen LogP contribution in [0.4, 0.5) is 0 Å². The third-order valence-corrected chi connectivity index (χ3v) is 6.66. The zero-order chi connectivity index (χ0) is 19.5. The van der Waals surface area contributed by atoms with Crippen molar-refractivity contribution >= 4 is 0 Å². The fourth-order valence-corrected chi connectivity index (χ4v) is 4.93. The minimum absolute atomic E-state index is 0.601. The topological polar surface area (TPSA) is 55.3 Å². The summed E-state index contributed by atoms with van der Waals surface area (Å²) in [5.41, 5.74) is 1.99. The number of hydrogen-bond acceptors (Lipinski definition) is 5. The number of furan rings is 1. The van der Waals surface area contributed by atoms with E-state index in [0.29, 0.717) is 5.89 Å². The van der Waals surface area contributed by atoms with Crippen molar-refractivity contribution in [2.24, 2.45) is 5.92 Å². The summed E-state index contributed by atoms with van der Waals surface area (Å²) in [7, 11) is 0. The number of hydrogen-bond donors (Lipinski definition) is 0. The van der Waals surface area contributed by atoms with Crippen molar-refractivity contribution in [3.63, 3.8) is 0 Å². The van der Waals surface area contributed by atoms with Crippen molar-refractivity contribution in [3.05, 3.63) is 48.5 Å². The molecule has 0 N–H and O–H groups in total. The molecule has 2 aromatic heterocycles. The summed E-state index contributed by atoms with van der Waals surface area (Å²) >= 11 is 0. The van der Waals surface area contributed by atoms with Gasteiger partial charge in [-0.25, -0.2) is 0 Å². The number of aromatic nitrogens is 2. The Morgan fingerprint density at radius 2 is 1.69 bits per heavy atom. The fraction of sp³-hybridized carbons (Fsp3) is 0.500. The quantitative estimate of drug-likeness (QED) is 0.549. The lowest BCUT2D eigenvalue weighted by atomic mass is 9.83. The zero-order valence-corrected chi connectivity index (χ0v) is 16.9. The number of aryl methyl sites for hydroxylation is 1. The second kappa shape index (κ2) is 8.54. The molecule has 0 atom stereocenters. The lowest BCUT2D eigenvalue weighted by Gasteiger charge is -2.34. The first-order valence-corrected chi connectivity index (χ1v) is 11.1. The van der Waals surface area contributed by atoms with Gasteiger partial charge >= 0.3 is 0 Å². The van der Waals surface area contributed by atoms with Gasteiger partial charge < -0.3 is 13.8 Å². The Bertz CT molecular complexity index is 887. The lowest BCUT2D eigenvalue weighted by Crippen LogP contribution is -2.35. The second-order valence-corrected chi connectivity index (χ2v) is 8.53. The first-order chi connectivity index (χ1) is 14.3. The van der Waals surface area contributed by atoms with Crippen LogP contribution in [0.1, 0.15) is 50.8 Å². The molecule has 1 aliphatic heterocycles. The minimum Gasteiger partial charge on any atom is -0.464 e. The Morgan fingerprint density at radius 1 is 0.931 bits per heavy atom. The first kappa shape index (κ1) is 18.6. The van der Waals surface area contributed by atoms with Gasteiger partial charge in [-0.15, -0.1) is 0 Å². The molecule has 5 heteroatoms. The van der Waals surface area contributed by atoms with Gasteiger partial charge in [-0.3, -0.25) is 0 Å². The fourth-order valence-electron chi connectivity index (χ4n) is 4.93. The SMILES string of the molecule is c1coc(-c2ccc(-c3nc(CCC4CCC(N5CCCC5)CC4)no3)cc2)c1. The summed E-state index contributed by atoms with van der Waals surface area (Å²) in [4.78, 5) is 7.35. The summed E-state index contributed by atoms with van der Waals surface area (Å²) in [5.74, 6) is 3.10. The van der Waals surface area contributed by atoms with Crippen LogP contribution in [0.2, 0.25) is 0 Å². The highest BCUT2D eigenvalue weighted by Crippen LogP contribution is 2.32. The lowest BCUT2D eigenvalue weighted by molar-refractivity contribution is 0.161. The van der Waals surface area contributed by atoms with Crippen LogP contribution in [0.25, 0.3) is 22.8 Å². The maximum Gasteiger partial charge on any atom is 0.257 e. The standard InChI is InChI=1S/C24H29N3O2/c1-2-16-27(15-1)21-12-5-18(6-13-21)7-14-23-25-24(29-26-23)20-10-8-19(9-11-20)22-4-3-17-28-22/h3-4,8-11,17-18,21H,1-2,5-7,12-16H2. The maximum absolute atomic E-state index is 5.51. The smallest absolute Gasteiger partial charge is 0.257 e. The van der Waals surface area contributed by atoms with Crippen molar-refractivity contribution in [3.8, 4) is 22.8 Å². The van der Waals surface area contributed by atoms with E-state index in [0.717, 1.165) is 41.1 Å². The normalized spacial score (nSPS) is 22.9. The van der Waals surface area contributed by atoms with Crippen LogP contribution in [-0.4, -0.2) is 34.2 Å². The molecular weight excluding hydrogens is 362 g/mol. The van der Waals surface area contributed by atoms with Gasteiger partial charge in [0.05, 0.1) is 6.26 Å². The van der Waals surface area contributed by atoms with Crippen molar-refractivity contribution in [2.45, 2.75) is 57.4 Å². The van der Waals surface area contributed by atoms with E-state index in [2.05, 4.69) is 15.0 Å². The average Bonchev–Trinajstić information content (AvgIpc) is 3.56. The molecule has 0 unspecified atom stereocenters. The maximum atomic E-state index is 5.51. The van der Waals surface area contributed by atoms with Crippen molar-refractivity contribution in [2.75, 3.05) is 13.1 Å². The van der Waals surface area contributed by atoms with Gasteiger partial charge in [0.1, 0.15) is 5.76 Å². The van der Waals surface area contributed by atoms with Crippen LogP contribution in [0.15, 0.2) is 51.6 Å². The van der Waals surface area contributed by atoms with Gasteiger partial charge in [-0.1, -0.05) is 17.3 Å². The molecule has 0 radical (unpaired) electrons. The summed E-state index contributed by atoms with van der Waals surface area (Å²) in [6, 6.07) is 12.8. The molecule has 152 valence electrons. The number of nitrogens with zero attached hydrogens (tertiary/aromatic N) is 3. The summed E-state index contributed by atoms with van der Waals surface area (Å²) in [5, 5.41) is 4.21. The van der Waals surface area contributed by atoms with Gasteiger partial charge in [0, 0.05) is 23.6 Å². The van der Waals surface area contributed by atoms with Gasteiger partial charge in [-0.05, 0) is 88.2 Å². The molecular formula is C24H29N3O2. The molecule has 1 aliphatic carbocycles. The van der Waals surface area contributed by atoms with Gasteiger partial charge in [0.2, 0.25) is 0 Å². The summed E-state index contributed by atoms with van der Waals surface area (Å²) in [6.07, 6.45) is 12.0. The van der Waals surface area contributed by atoms with Crippen molar-refractivity contribution in [1.29, 1.82) is 0 Å². The van der Waals surface area contributed by atoms with Crippen LogP contribution in [0.5, 0.6) is 0 Å². The Morgan fingerprint density at radius 3 is 2.41 bits per heavy atom. The first-order valence-electron chi connectivity index (χ1n) is 11.1. The van der Waals surface area contributed by atoms with Crippen LogP contribution in [0.3, 0.4) is 0 Å². The number of likely N-dealkylation sites (tertiary alicyclic amines) is 1. The highest BCUT2D eigenvalue weighted by Gasteiger charge is 2.27. The molecule has 0 bridgehead atoms. The Balaban J connectivity index is 1.13. The van der Waals surface area contributed by atoms with E-state index in [1.165, 1.54) is 58.0 Å². The van der Waals surface area contributed by atoms with Crippen LogP contribution in [0, 0.1) is 5.92 Å². The number of benzene rings is 1. The van der Waals surface area contributed by atoms with Gasteiger partial charge in [0.25, 0.3) is 5.89 Å². The molecule has 3 aromatic rings. The molecule has 0 spiro atoms. The van der Waals surface area contributed by atoms with Crippen molar-refractivity contribution in [1.82, 2.24) is 15.0 Å². The largest absolute Gasteiger partial charge is 0.464 e. The molecule has 1 saturated heterocycles. The van der Waals surface area contributed by atoms with Crippen LogP contribution < -0.4 is 0 Å². The molecule has 1 saturated carbocycles. The second-order valence-electron chi connectivity index (χ2n) is 8.53. The number of rotatable bonds is 6. The molecule has 2 aliphatic rings. The Kier molecular flexibility index (Phi) is 5.48. The van der Waals surface area contributed by atoms with Gasteiger partial charge in [0.15, 0.2) is 5.82 Å². The molecule has 5 nitrogen and oxygen atoms in total. The molecule has 2 fully saturated rings. The van der Waals surface area contributed by atoms with Crippen LogP contribution >= 0.6 is 0 Å². The minimum atomic E-state index is 0.601. The summed E-state index contributed by atoms with van der Waals surface area (Å²) < 4.78 is 11.0. The highest BCUT2D eigenvalue weighted by molar-refractivity contribution is 5.63. The summed E-state index contributed by atoms with van der Waals surface area (Å²) in [6.45, 7) is 2.65. The highest BCUT2D eigenvalue weighted by atomic mass is 16.5.